The number of nitrogens with two attached hydrogens (primary N) is 3. The second-order valence-corrected chi connectivity index (χ2v) is 3.81. The lowest BCUT2D eigenvalue weighted by molar-refractivity contribution is -0.150. The van der Waals surface area contributed by atoms with Crippen molar-refractivity contribution >= 4 is 12.2 Å². The largest absolute Gasteiger partial charge is 0.387 e. The van der Waals surface area contributed by atoms with Gasteiger partial charge >= 0.3 is 0 Å². The first kappa shape index (κ1) is 30.2. The number of hydrogen-bond donors (Lipinski definition) is 8. The number of nitrogens with one attached hydrogen (secondary N) is 1. The second-order valence-electron chi connectivity index (χ2n) is 3.81. The van der Waals surface area contributed by atoms with Crippen molar-refractivity contribution < 1.29 is 30.0 Å². The van der Waals surface area contributed by atoms with Crippen molar-refractivity contribution in [3.05, 3.63) is 26.3 Å². The van der Waals surface area contributed by atoms with Gasteiger partial charge in [-0.2, -0.15) is 0 Å². The van der Waals surface area contributed by atoms with E-state index in [2.05, 4.69) is 26.3 Å². The first-order valence-electron chi connectivity index (χ1n) is 6.90. The lowest BCUT2D eigenvalue weighted by Gasteiger charge is -2.24. The summed E-state index contributed by atoms with van der Waals surface area (Å²) in [7, 11) is 0. The molecule has 0 saturated carbocycles. The third-order valence-electron chi connectivity index (χ3n) is 2.01. The van der Waals surface area contributed by atoms with Crippen LogP contribution in [-0.2, 0) is 9.59 Å². The quantitative estimate of drug-likeness (QED) is 0.130. The van der Waals surface area contributed by atoms with Crippen LogP contribution in [0.25, 0.3) is 0 Å². The second kappa shape index (κ2) is 21.3. The van der Waals surface area contributed by atoms with Gasteiger partial charge in [0.15, 0.2) is 12.4 Å². The van der Waals surface area contributed by atoms with Gasteiger partial charge in [0.2, 0.25) is 0 Å². The zero-order valence-corrected chi connectivity index (χ0v) is 14.0. The molecule has 0 saturated heterocycles. The van der Waals surface area contributed by atoms with E-state index in [1.807, 2.05) is 12.2 Å². The summed E-state index contributed by atoms with van der Waals surface area (Å²) >= 11 is 0. The predicted molar refractivity (Wildman–Crippen MR) is 92.5 cm³/mol. The van der Waals surface area contributed by atoms with Gasteiger partial charge in [-0.15, -0.1) is 26.3 Å². The molecule has 5 atom stereocenters. The summed E-state index contributed by atoms with van der Waals surface area (Å²) in [5.74, 6) is -1.08. The smallest absolute Gasteiger partial charge is 0.252 e. The lowest BCUT2D eigenvalue weighted by Crippen LogP contribution is -2.55. The first-order chi connectivity index (χ1) is 11.3. The number of carbonyl (C=O) groups is 2. The molecule has 144 valence electrons. The Morgan fingerprint density at radius 3 is 1.75 bits per heavy atom. The number of carbonyl (C=O) groups excluding carboxylic acids is 2. The molecule has 0 rings (SSSR count). The average molecular weight is 352 g/mol. The monoisotopic (exact) mass is 352 g/mol. The molecule has 0 aliphatic rings. The summed E-state index contributed by atoms with van der Waals surface area (Å²) in [6, 6.07) is 0. The molecule has 11 N–H and O–H groups in total. The predicted octanol–water partition coefficient (Wildman–Crippen LogP) is -3.44. The molecule has 0 fully saturated rings. The minimum atomic E-state index is -2.04. The lowest BCUT2D eigenvalue weighted by atomic mass is 10.0. The Balaban J connectivity index is -0.000000247. The highest BCUT2D eigenvalue weighted by atomic mass is 16.4. The minimum Gasteiger partial charge on any atom is -0.387 e. The SMILES string of the molecule is C=C.C=C.CCN.NCC(N)NC(=O)[C@H](O)[C@@H](O)[C@H](O)[C@H](O)C=O. The van der Waals surface area contributed by atoms with Gasteiger partial charge in [-0.05, 0) is 6.54 Å². The highest BCUT2D eigenvalue weighted by Crippen LogP contribution is 2.04. The molecule has 0 aromatic carbocycles. The standard InChI is InChI=1S/C8H17N3O6.C2H7N.2C2H4/c9-1-4(10)11-8(17)7(16)6(15)5(14)3(13)2-12;1-2-3;2*1-2/h2-7,13-16H,1,9-10H2,(H,11,17);2-3H2,1H3;2*1-2H2/t3-,4?,5-,6+,7-;;;/m1.../s1. The van der Waals surface area contributed by atoms with Crippen LogP contribution < -0.4 is 22.5 Å². The molecule has 10 heteroatoms. The van der Waals surface area contributed by atoms with Crippen LogP contribution in [0.4, 0.5) is 0 Å². The van der Waals surface area contributed by atoms with Crippen LogP contribution >= 0.6 is 0 Å². The van der Waals surface area contributed by atoms with Crippen LogP contribution in [0.3, 0.4) is 0 Å². The summed E-state index contributed by atoms with van der Waals surface area (Å²) in [5.41, 5.74) is 15.2. The van der Waals surface area contributed by atoms with Gasteiger partial charge in [-0.3, -0.25) is 4.79 Å². The molecule has 1 amide bonds. The first-order valence-corrected chi connectivity index (χ1v) is 6.90. The number of amides is 1. The van der Waals surface area contributed by atoms with Gasteiger partial charge in [0, 0.05) is 6.54 Å². The topological polar surface area (TPSA) is 205 Å². The number of aldehydes is 1. The van der Waals surface area contributed by atoms with E-state index in [0.717, 1.165) is 6.54 Å². The van der Waals surface area contributed by atoms with E-state index in [1.54, 1.807) is 0 Å². The van der Waals surface area contributed by atoms with Crippen molar-refractivity contribution in [2.75, 3.05) is 13.1 Å². The number of rotatable bonds is 7. The van der Waals surface area contributed by atoms with Crippen LogP contribution in [0.2, 0.25) is 0 Å². The van der Waals surface area contributed by atoms with Crippen molar-refractivity contribution in [3.63, 3.8) is 0 Å². The van der Waals surface area contributed by atoms with E-state index in [1.165, 1.54) is 0 Å². The van der Waals surface area contributed by atoms with Gasteiger partial charge < -0.3 is 47.7 Å². The minimum absolute atomic E-state index is 0.0376. The Morgan fingerprint density at radius 2 is 1.46 bits per heavy atom. The van der Waals surface area contributed by atoms with Crippen LogP contribution in [0, 0.1) is 0 Å². The third kappa shape index (κ3) is 15.2. The Morgan fingerprint density at radius 1 is 1.08 bits per heavy atom. The molecule has 0 aliphatic heterocycles. The molecule has 0 radical (unpaired) electrons. The maximum atomic E-state index is 11.2. The van der Waals surface area contributed by atoms with Crippen molar-refractivity contribution in [2.45, 2.75) is 37.5 Å². The van der Waals surface area contributed by atoms with E-state index >= 15 is 0 Å². The summed E-state index contributed by atoms with van der Waals surface area (Å²) in [6.07, 6.45) is -8.92. The van der Waals surface area contributed by atoms with E-state index in [0.29, 0.717) is 0 Å². The van der Waals surface area contributed by atoms with Crippen LogP contribution in [-0.4, -0.2) is 76.3 Å². The normalized spacial score (nSPS) is 15.2. The number of hydrogen-bond acceptors (Lipinski definition) is 9. The third-order valence-corrected chi connectivity index (χ3v) is 2.01. The summed E-state index contributed by atoms with van der Waals surface area (Å²) in [6.45, 7) is 14.6. The maximum Gasteiger partial charge on any atom is 0.252 e. The fourth-order valence-corrected chi connectivity index (χ4v) is 0.951. The molecule has 0 aromatic rings. The van der Waals surface area contributed by atoms with E-state index in [-0.39, 0.29) is 12.8 Å². The molecular weight excluding hydrogens is 320 g/mol. The van der Waals surface area contributed by atoms with Gasteiger partial charge in [0.1, 0.15) is 18.3 Å². The number of aliphatic hydroxyl groups is 4. The van der Waals surface area contributed by atoms with Crippen LogP contribution in [0.15, 0.2) is 26.3 Å². The van der Waals surface area contributed by atoms with Crippen molar-refractivity contribution in [1.82, 2.24) is 5.32 Å². The Kier molecular flexibility index (Phi) is 26.9. The fraction of sp³-hybridized carbons (Fsp3) is 0.571. The summed E-state index contributed by atoms with van der Waals surface area (Å²) in [4.78, 5) is 21.4. The average Bonchev–Trinajstić information content (AvgIpc) is 2.62. The Hall–Kier alpha value is -1.66. The Bertz CT molecular complexity index is 307. The highest BCUT2D eigenvalue weighted by Gasteiger charge is 2.34. The molecule has 24 heavy (non-hydrogen) atoms. The number of aliphatic hydroxyl groups excluding tert-OH is 4. The molecule has 0 spiro atoms. The van der Waals surface area contributed by atoms with Gasteiger partial charge in [-0.25, -0.2) is 0 Å². The molecule has 0 heterocycles. The molecule has 0 bridgehead atoms. The Labute approximate surface area is 142 Å². The zero-order chi connectivity index (χ0) is 20.3. The molecule has 0 aliphatic carbocycles. The van der Waals surface area contributed by atoms with Gasteiger partial charge in [-0.1, -0.05) is 6.92 Å². The van der Waals surface area contributed by atoms with Gasteiger partial charge in [0.25, 0.3) is 5.91 Å². The molecule has 1 unspecified atom stereocenters. The zero-order valence-electron chi connectivity index (χ0n) is 14.0. The van der Waals surface area contributed by atoms with E-state index in [4.69, 9.17) is 27.4 Å². The fourth-order valence-electron chi connectivity index (χ4n) is 0.951. The maximum absolute atomic E-state index is 11.2. The summed E-state index contributed by atoms with van der Waals surface area (Å²) in [5, 5.41) is 38.7. The van der Waals surface area contributed by atoms with Crippen molar-refractivity contribution in [2.24, 2.45) is 17.2 Å². The van der Waals surface area contributed by atoms with E-state index in [9.17, 15) is 19.8 Å². The highest BCUT2D eigenvalue weighted by molar-refractivity contribution is 5.81. The molecule has 10 nitrogen and oxygen atoms in total. The van der Waals surface area contributed by atoms with Crippen molar-refractivity contribution in [1.29, 1.82) is 0 Å². The molecular formula is C14H32N4O6. The molecule has 0 aromatic heterocycles. The summed E-state index contributed by atoms with van der Waals surface area (Å²) < 4.78 is 0. The van der Waals surface area contributed by atoms with Crippen molar-refractivity contribution in [3.8, 4) is 0 Å². The van der Waals surface area contributed by atoms with E-state index < -0.39 is 36.5 Å². The van der Waals surface area contributed by atoms with Crippen LogP contribution in [0.5, 0.6) is 0 Å². The van der Waals surface area contributed by atoms with Gasteiger partial charge in [0.05, 0.1) is 6.17 Å². The van der Waals surface area contributed by atoms with Crippen LogP contribution in [0.1, 0.15) is 6.92 Å².